The van der Waals surface area contributed by atoms with Crippen LogP contribution in [0.1, 0.15) is 42.4 Å². The Kier molecular flexibility index (Phi) is 9.03. The number of para-hydroxylation sites is 1. The number of alkyl halides is 6. The minimum atomic E-state index is -4.76. The number of nitrogens with two attached hydrogens (primary N) is 1. The summed E-state index contributed by atoms with van der Waals surface area (Å²) in [6.45, 7) is 1.73. The maximum absolute atomic E-state index is 13.2. The van der Waals surface area contributed by atoms with Crippen LogP contribution in [0.15, 0.2) is 53.5 Å². The highest BCUT2D eigenvalue weighted by molar-refractivity contribution is 6.20. The summed E-state index contributed by atoms with van der Waals surface area (Å²) >= 11 is 0. The number of nitrogens with one attached hydrogen (secondary N) is 2. The van der Waals surface area contributed by atoms with Gasteiger partial charge in [-0.15, -0.1) is 0 Å². The number of aliphatic imine (C=N–C) groups is 1. The first-order valence-electron chi connectivity index (χ1n) is 11.9. The van der Waals surface area contributed by atoms with E-state index in [4.69, 9.17) is 5.73 Å². The Bertz CT molecular complexity index is 1240. The van der Waals surface area contributed by atoms with Gasteiger partial charge in [0, 0.05) is 35.8 Å². The Balaban J connectivity index is 1.99. The Morgan fingerprint density at radius 1 is 0.949 bits per heavy atom. The second-order valence-corrected chi connectivity index (χ2v) is 9.16. The van der Waals surface area contributed by atoms with Crippen LogP contribution in [0.2, 0.25) is 0 Å². The normalized spacial score (nSPS) is 17.3. The number of anilines is 1. The number of aryl methyl sites for hydroxylation is 1. The fourth-order valence-electron chi connectivity index (χ4n) is 4.34. The van der Waals surface area contributed by atoms with Gasteiger partial charge >= 0.3 is 12.4 Å². The fraction of sp³-hybridized carbons (Fsp3) is 0.385. The van der Waals surface area contributed by atoms with Crippen molar-refractivity contribution in [1.82, 2.24) is 5.32 Å². The summed E-state index contributed by atoms with van der Waals surface area (Å²) in [5.74, 6) is -7.18. The van der Waals surface area contributed by atoms with E-state index in [9.17, 15) is 40.7 Å². The molecule has 1 heterocycles. The molecule has 0 radical (unpaired) electrons. The number of halogens is 6. The molecule has 210 valence electrons. The van der Waals surface area contributed by atoms with Crippen molar-refractivity contribution in [2.75, 3.05) is 5.32 Å². The molecule has 0 fully saturated rings. The number of carbonyl (C=O) groups excluding carboxylic acids is 3. The summed E-state index contributed by atoms with van der Waals surface area (Å²) in [6.07, 6.45) is -16.3. The van der Waals surface area contributed by atoms with Crippen LogP contribution >= 0.6 is 0 Å². The number of rotatable bonds is 9. The first-order chi connectivity index (χ1) is 18.2. The predicted molar refractivity (Wildman–Crippen MR) is 131 cm³/mol. The summed E-state index contributed by atoms with van der Waals surface area (Å²) < 4.78 is 77.6. The van der Waals surface area contributed by atoms with Crippen molar-refractivity contribution in [3.8, 4) is 0 Å². The largest absolute Gasteiger partial charge is 0.389 e. The highest BCUT2D eigenvalue weighted by atomic mass is 19.4. The number of amides is 3. The molecule has 2 aromatic rings. The second kappa shape index (κ2) is 11.9. The van der Waals surface area contributed by atoms with Crippen molar-refractivity contribution in [3.63, 3.8) is 0 Å². The van der Waals surface area contributed by atoms with Crippen molar-refractivity contribution < 1.29 is 40.7 Å². The zero-order chi connectivity index (χ0) is 29.0. The third-order valence-corrected chi connectivity index (χ3v) is 6.27. The number of hydrogen-bond donors (Lipinski definition) is 3. The van der Waals surface area contributed by atoms with Gasteiger partial charge in [0.1, 0.15) is 0 Å². The highest BCUT2D eigenvalue weighted by Gasteiger charge is 2.40. The molecule has 4 N–H and O–H groups in total. The molecule has 0 aromatic heterocycles. The molecule has 1 aliphatic heterocycles. The molecule has 39 heavy (non-hydrogen) atoms. The van der Waals surface area contributed by atoms with E-state index in [0.717, 1.165) is 0 Å². The number of benzene rings is 2. The lowest BCUT2D eigenvalue weighted by atomic mass is 9.83. The third kappa shape index (κ3) is 8.04. The monoisotopic (exact) mass is 556 g/mol. The maximum Gasteiger partial charge on any atom is 0.389 e. The molecule has 0 spiro atoms. The van der Waals surface area contributed by atoms with Gasteiger partial charge in [-0.05, 0) is 25.3 Å². The number of carbonyl (C=O) groups is 3. The minimum absolute atomic E-state index is 0.285. The van der Waals surface area contributed by atoms with E-state index in [1.54, 1.807) is 55.5 Å². The molecule has 3 rings (SSSR count). The Hall–Kier alpha value is -3.90. The number of nitrogens with zero attached hydrogens (tertiary/aromatic N) is 1. The van der Waals surface area contributed by atoms with Gasteiger partial charge in [-0.25, -0.2) is 4.99 Å². The van der Waals surface area contributed by atoms with Crippen LogP contribution in [0.25, 0.3) is 0 Å². The van der Waals surface area contributed by atoms with Gasteiger partial charge in [-0.3, -0.25) is 14.4 Å². The maximum atomic E-state index is 13.2. The van der Waals surface area contributed by atoms with Crippen LogP contribution in [0.5, 0.6) is 0 Å². The molecular formula is C26H26F6N4O3. The van der Waals surface area contributed by atoms with Gasteiger partial charge in [0.05, 0.1) is 11.4 Å². The van der Waals surface area contributed by atoms with Gasteiger partial charge in [0.2, 0.25) is 18.0 Å². The molecule has 0 saturated heterocycles. The zero-order valence-corrected chi connectivity index (χ0v) is 20.7. The van der Waals surface area contributed by atoms with Crippen LogP contribution < -0.4 is 16.4 Å². The number of hydrogen-bond acceptors (Lipinski definition) is 4. The lowest BCUT2D eigenvalue weighted by Gasteiger charge is -2.26. The molecule has 0 bridgehead atoms. The Labute approximate surface area is 219 Å². The molecule has 3 atom stereocenters. The van der Waals surface area contributed by atoms with Gasteiger partial charge in [-0.1, -0.05) is 48.5 Å². The fourth-order valence-corrected chi connectivity index (χ4v) is 4.34. The quantitative estimate of drug-likeness (QED) is 0.392. The summed E-state index contributed by atoms with van der Waals surface area (Å²) in [5, 5.41) is 4.89. The van der Waals surface area contributed by atoms with E-state index in [-0.39, 0.29) is 5.71 Å². The molecule has 2 aromatic carbocycles. The molecule has 13 heteroatoms. The Morgan fingerprint density at radius 2 is 1.54 bits per heavy atom. The predicted octanol–water partition coefficient (Wildman–Crippen LogP) is 4.63. The smallest absolute Gasteiger partial charge is 0.369 e. The number of primary amides is 1. The zero-order valence-electron chi connectivity index (χ0n) is 20.7. The lowest BCUT2D eigenvalue weighted by molar-refractivity contribution is -0.152. The number of benzodiazepines with no additional fused rings is 1. The molecule has 3 amide bonds. The topological polar surface area (TPSA) is 114 Å². The SMILES string of the molecule is Cc1cccc2c1NC(=O)[C@@H](NC(=O)[C@@H](CCC(F)(F)F)[C@@H](CCC(F)(F)F)C(N)=O)N=C2c1ccccc1. The second-order valence-electron chi connectivity index (χ2n) is 9.16. The number of fused-ring (bicyclic) bond motifs is 1. The first-order valence-corrected chi connectivity index (χ1v) is 11.9. The molecule has 0 saturated carbocycles. The Morgan fingerprint density at radius 3 is 2.10 bits per heavy atom. The van der Waals surface area contributed by atoms with Crippen LogP contribution in [0.4, 0.5) is 32.0 Å². The standard InChI is InChI=1S/C26H26F6N4O3/c1-14-6-5-9-18-19(14)35-24(39)22(34-20(18)15-7-3-2-4-8-15)36-23(38)17(11-13-26(30,31)32)16(21(33)37)10-12-25(27,28)29/h2-9,16-17,22H,10-13H2,1H3,(H2,33,37)(H,35,39)(H,36,38)/t16-,17+,22-/m1/s1. The van der Waals surface area contributed by atoms with Crippen LogP contribution in [-0.2, 0) is 14.4 Å². The summed E-state index contributed by atoms with van der Waals surface area (Å²) in [7, 11) is 0. The summed E-state index contributed by atoms with van der Waals surface area (Å²) in [5.41, 5.74) is 7.66. The lowest BCUT2D eigenvalue weighted by Crippen LogP contribution is -2.48. The minimum Gasteiger partial charge on any atom is -0.369 e. The van der Waals surface area contributed by atoms with Crippen molar-refractivity contribution >= 4 is 29.1 Å². The average molecular weight is 557 g/mol. The van der Waals surface area contributed by atoms with Crippen LogP contribution in [0, 0.1) is 18.8 Å². The molecule has 0 unspecified atom stereocenters. The van der Waals surface area contributed by atoms with Gasteiger partial charge in [0.25, 0.3) is 5.91 Å². The van der Waals surface area contributed by atoms with Gasteiger partial charge in [-0.2, -0.15) is 26.3 Å². The first kappa shape index (κ1) is 29.7. The average Bonchev–Trinajstić information content (AvgIpc) is 2.97. The molecule has 7 nitrogen and oxygen atoms in total. The van der Waals surface area contributed by atoms with Crippen molar-refractivity contribution in [2.45, 2.75) is 51.1 Å². The van der Waals surface area contributed by atoms with Gasteiger partial charge in [0.15, 0.2) is 0 Å². The molecule has 0 aliphatic carbocycles. The van der Waals surface area contributed by atoms with Crippen molar-refractivity contribution in [1.29, 1.82) is 0 Å². The van der Waals surface area contributed by atoms with E-state index in [1.165, 1.54) is 0 Å². The highest BCUT2D eigenvalue weighted by Crippen LogP contribution is 2.33. The summed E-state index contributed by atoms with van der Waals surface area (Å²) in [6, 6.07) is 13.7. The molecular weight excluding hydrogens is 530 g/mol. The van der Waals surface area contributed by atoms with E-state index >= 15 is 0 Å². The van der Waals surface area contributed by atoms with Crippen LogP contribution in [0.3, 0.4) is 0 Å². The van der Waals surface area contributed by atoms with E-state index < -0.39 is 73.8 Å². The van der Waals surface area contributed by atoms with E-state index in [0.29, 0.717) is 22.4 Å². The van der Waals surface area contributed by atoms with E-state index in [1.807, 2.05) is 0 Å². The summed E-state index contributed by atoms with van der Waals surface area (Å²) in [4.78, 5) is 42.7. The van der Waals surface area contributed by atoms with Crippen LogP contribution in [-0.4, -0.2) is 42.0 Å². The molecule has 1 aliphatic rings. The van der Waals surface area contributed by atoms with Crippen molar-refractivity contribution in [2.24, 2.45) is 22.6 Å². The van der Waals surface area contributed by atoms with Gasteiger partial charge < -0.3 is 16.4 Å². The van der Waals surface area contributed by atoms with Crippen molar-refractivity contribution in [3.05, 3.63) is 65.2 Å². The van der Waals surface area contributed by atoms with E-state index in [2.05, 4.69) is 15.6 Å². The third-order valence-electron chi connectivity index (χ3n) is 6.27.